The predicted octanol–water partition coefficient (Wildman–Crippen LogP) is 2.35. The van der Waals surface area contributed by atoms with E-state index >= 15 is 0 Å². The summed E-state index contributed by atoms with van der Waals surface area (Å²) in [6, 6.07) is 11.2. The maximum atomic E-state index is 12.2. The predicted molar refractivity (Wildman–Crippen MR) is 65.3 cm³/mol. The topological polar surface area (TPSA) is 45.5 Å². The zero-order valence-corrected chi connectivity index (χ0v) is 9.22. The van der Waals surface area contributed by atoms with Crippen LogP contribution in [0.4, 0.5) is 11.4 Å². The molecule has 0 saturated heterocycles. The summed E-state index contributed by atoms with van der Waals surface area (Å²) in [6.07, 6.45) is 1.52. The van der Waals surface area contributed by atoms with E-state index < -0.39 is 0 Å². The average Bonchev–Trinajstić information content (AvgIpc) is 2.91. The number of nitrogens with zero attached hydrogens (tertiary/aromatic N) is 1. The molecule has 0 aliphatic carbocycles. The van der Waals surface area contributed by atoms with Gasteiger partial charge in [-0.2, -0.15) is 0 Å². The molecule has 0 atom stereocenters. The number of rotatable bonds is 1. The molecule has 17 heavy (non-hydrogen) atoms. The Morgan fingerprint density at radius 2 is 2.12 bits per heavy atom. The van der Waals surface area contributed by atoms with Crippen molar-refractivity contribution >= 4 is 17.3 Å². The van der Waals surface area contributed by atoms with E-state index in [4.69, 9.17) is 4.42 Å². The number of benzene rings is 1. The zero-order valence-electron chi connectivity index (χ0n) is 9.22. The van der Waals surface area contributed by atoms with Gasteiger partial charge in [-0.15, -0.1) is 0 Å². The van der Waals surface area contributed by atoms with Crippen LogP contribution in [0.3, 0.4) is 0 Å². The summed E-state index contributed by atoms with van der Waals surface area (Å²) < 4.78 is 5.15. The molecule has 2 heterocycles. The van der Waals surface area contributed by atoms with Crippen LogP contribution < -0.4 is 10.2 Å². The molecule has 0 radical (unpaired) electrons. The third-order valence-electron chi connectivity index (χ3n) is 2.82. The van der Waals surface area contributed by atoms with Gasteiger partial charge in [-0.1, -0.05) is 12.1 Å². The largest absolute Gasteiger partial charge is 0.459 e. The number of para-hydroxylation sites is 2. The van der Waals surface area contributed by atoms with Gasteiger partial charge in [0.2, 0.25) is 0 Å². The quantitative estimate of drug-likeness (QED) is 0.814. The van der Waals surface area contributed by atoms with Gasteiger partial charge in [0, 0.05) is 13.1 Å². The number of hydrogen-bond donors (Lipinski definition) is 1. The molecule has 1 aromatic carbocycles. The molecule has 1 amide bonds. The molecule has 0 fully saturated rings. The summed E-state index contributed by atoms with van der Waals surface area (Å²) in [4.78, 5) is 14.0. The minimum Gasteiger partial charge on any atom is -0.459 e. The van der Waals surface area contributed by atoms with Gasteiger partial charge in [0.05, 0.1) is 17.6 Å². The highest BCUT2D eigenvalue weighted by Crippen LogP contribution is 2.29. The van der Waals surface area contributed by atoms with Crippen molar-refractivity contribution < 1.29 is 9.21 Å². The molecule has 4 heteroatoms. The van der Waals surface area contributed by atoms with E-state index in [1.54, 1.807) is 17.0 Å². The number of anilines is 2. The lowest BCUT2D eigenvalue weighted by Crippen LogP contribution is -2.38. The number of furan rings is 1. The summed E-state index contributed by atoms with van der Waals surface area (Å²) in [5.41, 5.74) is 1.89. The molecule has 1 aliphatic heterocycles. The standard InChI is InChI=1S/C13H12N2O2/c16-13(12-6-3-9-17-12)15-8-7-14-10-4-1-2-5-11(10)15/h1-6,9,14H,7-8H2. The zero-order chi connectivity index (χ0) is 11.7. The van der Waals surface area contributed by atoms with Crippen molar-refractivity contribution in [1.82, 2.24) is 0 Å². The summed E-state index contributed by atoms with van der Waals surface area (Å²) in [6.45, 7) is 1.40. The van der Waals surface area contributed by atoms with Crippen molar-refractivity contribution in [3.8, 4) is 0 Å². The van der Waals surface area contributed by atoms with Crippen molar-refractivity contribution in [2.75, 3.05) is 23.3 Å². The van der Waals surface area contributed by atoms with Crippen LogP contribution in [0.25, 0.3) is 0 Å². The Morgan fingerprint density at radius 1 is 1.24 bits per heavy atom. The van der Waals surface area contributed by atoms with E-state index in [0.29, 0.717) is 12.3 Å². The Balaban J connectivity index is 1.98. The van der Waals surface area contributed by atoms with Crippen molar-refractivity contribution in [3.05, 3.63) is 48.4 Å². The molecule has 4 nitrogen and oxygen atoms in total. The van der Waals surface area contributed by atoms with Gasteiger partial charge in [-0.05, 0) is 24.3 Å². The van der Waals surface area contributed by atoms with Crippen LogP contribution in [0, 0.1) is 0 Å². The fourth-order valence-corrected chi connectivity index (χ4v) is 2.03. The lowest BCUT2D eigenvalue weighted by Gasteiger charge is -2.29. The fourth-order valence-electron chi connectivity index (χ4n) is 2.03. The van der Waals surface area contributed by atoms with E-state index in [1.165, 1.54) is 6.26 Å². The van der Waals surface area contributed by atoms with Crippen LogP contribution in [0.5, 0.6) is 0 Å². The smallest absolute Gasteiger partial charge is 0.294 e. The molecule has 2 aromatic rings. The Morgan fingerprint density at radius 3 is 2.94 bits per heavy atom. The van der Waals surface area contributed by atoms with Gasteiger partial charge in [-0.3, -0.25) is 4.79 Å². The normalized spacial score (nSPS) is 14.0. The van der Waals surface area contributed by atoms with E-state index in [2.05, 4.69) is 5.32 Å². The number of carbonyl (C=O) groups is 1. The fraction of sp³-hybridized carbons (Fsp3) is 0.154. The molecular formula is C13H12N2O2. The highest BCUT2D eigenvalue weighted by Gasteiger charge is 2.24. The Bertz CT molecular complexity index is 534. The molecule has 3 rings (SSSR count). The van der Waals surface area contributed by atoms with Crippen LogP contribution >= 0.6 is 0 Å². The summed E-state index contributed by atoms with van der Waals surface area (Å²) in [7, 11) is 0. The second-order valence-corrected chi connectivity index (χ2v) is 3.88. The molecule has 0 saturated carbocycles. The Hall–Kier alpha value is -2.23. The first-order valence-electron chi connectivity index (χ1n) is 5.54. The van der Waals surface area contributed by atoms with E-state index in [-0.39, 0.29) is 5.91 Å². The van der Waals surface area contributed by atoms with Crippen LogP contribution in [-0.2, 0) is 0 Å². The number of amides is 1. The van der Waals surface area contributed by atoms with E-state index in [0.717, 1.165) is 17.9 Å². The molecule has 0 bridgehead atoms. The molecule has 1 N–H and O–H groups in total. The summed E-state index contributed by atoms with van der Waals surface area (Å²) in [5.74, 6) is 0.283. The Kier molecular flexibility index (Phi) is 2.33. The van der Waals surface area contributed by atoms with Crippen molar-refractivity contribution in [2.45, 2.75) is 0 Å². The van der Waals surface area contributed by atoms with Gasteiger partial charge in [0.15, 0.2) is 5.76 Å². The third kappa shape index (κ3) is 1.67. The lowest BCUT2D eigenvalue weighted by atomic mass is 10.2. The minimum absolute atomic E-state index is 0.0936. The van der Waals surface area contributed by atoms with E-state index in [9.17, 15) is 4.79 Å². The van der Waals surface area contributed by atoms with Crippen LogP contribution in [0.15, 0.2) is 47.1 Å². The van der Waals surface area contributed by atoms with Gasteiger partial charge in [-0.25, -0.2) is 0 Å². The summed E-state index contributed by atoms with van der Waals surface area (Å²) >= 11 is 0. The number of nitrogens with one attached hydrogen (secondary N) is 1. The van der Waals surface area contributed by atoms with Gasteiger partial charge < -0.3 is 14.6 Å². The first-order chi connectivity index (χ1) is 8.36. The minimum atomic E-state index is -0.0936. The average molecular weight is 228 g/mol. The SMILES string of the molecule is O=C(c1ccco1)N1CCNc2ccccc21. The molecule has 0 spiro atoms. The maximum absolute atomic E-state index is 12.2. The molecule has 86 valence electrons. The number of hydrogen-bond acceptors (Lipinski definition) is 3. The highest BCUT2D eigenvalue weighted by atomic mass is 16.3. The first kappa shape index (κ1) is 9.96. The van der Waals surface area contributed by atoms with Gasteiger partial charge in [0.25, 0.3) is 5.91 Å². The second-order valence-electron chi connectivity index (χ2n) is 3.88. The first-order valence-corrected chi connectivity index (χ1v) is 5.54. The third-order valence-corrected chi connectivity index (χ3v) is 2.82. The van der Waals surface area contributed by atoms with Gasteiger partial charge >= 0.3 is 0 Å². The van der Waals surface area contributed by atoms with E-state index in [1.807, 2.05) is 24.3 Å². The maximum Gasteiger partial charge on any atom is 0.294 e. The molecule has 1 aromatic heterocycles. The lowest BCUT2D eigenvalue weighted by molar-refractivity contribution is 0.0960. The van der Waals surface area contributed by atoms with Crippen molar-refractivity contribution in [3.63, 3.8) is 0 Å². The van der Waals surface area contributed by atoms with Gasteiger partial charge in [0.1, 0.15) is 0 Å². The van der Waals surface area contributed by atoms with Crippen molar-refractivity contribution in [1.29, 1.82) is 0 Å². The highest BCUT2D eigenvalue weighted by molar-refractivity contribution is 6.06. The van der Waals surface area contributed by atoms with Crippen LogP contribution in [0.1, 0.15) is 10.6 Å². The van der Waals surface area contributed by atoms with Crippen LogP contribution in [-0.4, -0.2) is 19.0 Å². The van der Waals surface area contributed by atoms with Crippen LogP contribution in [0.2, 0.25) is 0 Å². The summed E-state index contributed by atoms with van der Waals surface area (Å²) in [5, 5.41) is 3.27. The monoisotopic (exact) mass is 228 g/mol. The number of fused-ring (bicyclic) bond motifs is 1. The number of carbonyl (C=O) groups excluding carboxylic acids is 1. The molecule has 1 aliphatic rings. The Labute approximate surface area is 98.8 Å². The molecular weight excluding hydrogens is 216 g/mol. The second kappa shape index (κ2) is 3.97. The molecule has 0 unspecified atom stereocenters. The van der Waals surface area contributed by atoms with Crippen molar-refractivity contribution in [2.24, 2.45) is 0 Å².